The lowest BCUT2D eigenvalue weighted by atomic mass is 10.4. The number of hydrogen-bond donors (Lipinski definition) is 0. The summed E-state index contributed by atoms with van der Waals surface area (Å²) in [5.74, 6) is 0. The maximum absolute atomic E-state index is 2.75. The Morgan fingerprint density at radius 1 is 1.08 bits per heavy atom. The molecule has 0 aromatic heterocycles. The van der Waals surface area contributed by atoms with Crippen LogP contribution in [0.4, 0.5) is 0 Å². The summed E-state index contributed by atoms with van der Waals surface area (Å²) in [5, 5.41) is 0. The molecule has 0 bridgehead atoms. The zero-order valence-corrected chi connectivity index (χ0v) is 11.3. The van der Waals surface area contributed by atoms with E-state index in [1.165, 1.54) is 32.0 Å². The maximum atomic E-state index is 2.75. The zero-order valence-electron chi connectivity index (χ0n) is 10.1. The van der Waals surface area contributed by atoms with Crippen LogP contribution in [0.5, 0.6) is 0 Å². The van der Waals surface area contributed by atoms with E-state index >= 15 is 0 Å². The fraction of sp³-hybridized carbons (Fsp3) is 1.00. The molecular weight excluding hydrogens is 174 g/mol. The summed E-state index contributed by atoms with van der Waals surface area (Å²) in [4.78, 5) is 0. The van der Waals surface area contributed by atoms with Crippen molar-refractivity contribution in [2.24, 2.45) is 0 Å². The van der Waals surface area contributed by atoms with Gasteiger partial charge in [-0.1, -0.05) is 47.5 Å². The van der Waals surface area contributed by atoms with Gasteiger partial charge in [0, 0.05) is 0 Å². The molecule has 13 heavy (non-hydrogen) atoms. The van der Waals surface area contributed by atoms with E-state index in [-0.39, 0.29) is 0 Å². The second-order valence-electron chi connectivity index (χ2n) is 3.96. The molecule has 0 fully saturated rings. The molecule has 0 heterocycles. The van der Waals surface area contributed by atoms with Crippen LogP contribution in [0.25, 0.3) is 0 Å². The van der Waals surface area contributed by atoms with Gasteiger partial charge in [0.15, 0.2) is 0 Å². The van der Waals surface area contributed by atoms with E-state index < -0.39 is 8.96 Å². The molecule has 0 aliphatic rings. The first kappa shape index (κ1) is 13.2. The third-order valence-corrected chi connectivity index (χ3v) is 7.79. The van der Waals surface area contributed by atoms with Crippen LogP contribution in [0.2, 0.25) is 11.6 Å². The van der Waals surface area contributed by atoms with Gasteiger partial charge in [0.1, 0.15) is 8.96 Å². The first-order chi connectivity index (χ1) is 6.21. The molecule has 0 aliphatic heterocycles. The fourth-order valence-corrected chi connectivity index (χ4v) is 5.82. The summed E-state index contributed by atoms with van der Waals surface area (Å²) < 4.78 is 2.75. The van der Waals surface area contributed by atoms with Gasteiger partial charge in [0.2, 0.25) is 0 Å². The molecule has 0 N–H and O–H groups in total. The van der Waals surface area contributed by atoms with E-state index in [1.807, 2.05) is 0 Å². The van der Waals surface area contributed by atoms with Crippen LogP contribution in [-0.4, -0.2) is 26.6 Å². The molecule has 0 radical (unpaired) electrons. The van der Waals surface area contributed by atoms with E-state index in [4.69, 9.17) is 0 Å². The first-order valence-electron chi connectivity index (χ1n) is 5.95. The highest BCUT2D eigenvalue weighted by atomic mass is 28.3. The maximum Gasteiger partial charge on any atom is 0.114 e. The molecule has 1 nitrogen and oxygen atoms in total. The first-order valence-corrected chi connectivity index (χ1v) is 7.95. The van der Waals surface area contributed by atoms with E-state index in [0.717, 1.165) is 5.54 Å². The van der Waals surface area contributed by atoms with Crippen LogP contribution in [-0.2, 0) is 0 Å². The van der Waals surface area contributed by atoms with Crippen molar-refractivity contribution in [2.75, 3.05) is 13.1 Å². The SMILES string of the molecule is CCC[SiH](C(C)CC)N(CC)CC. The average molecular weight is 201 g/mol. The van der Waals surface area contributed by atoms with Gasteiger partial charge in [-0.05, 0) is 24.7 Å². The normalized spacial score (nSPS) is 16.2. The van der Waals surface area contributed by atoms with Gasteiger partial charge in [0.05, 0.1) is 0 Å². The molecule has 0 aromatic rings. The summed E-state index contributed by atoms with van der Waals surface area (Å²) in [7, 11) is -0.610. The Morgan fingerprint density at radius 3 is 1.92 bits per heavy atom. The highest BCUT2D eigenvalue weighted by Gasteiger charge is 2.21. The summed E-state index contributed by atoms with van der Waals surface area (Å²) >= 11 is 0. The molecule has 2 atom stereocenters. The van der Waals surface area contributed by atoms with Crippen molar-refractivity contribution in [1.29, 1.82) is 0 Å². The van der Waals surface area contributed by atoms with Gasteiger partial charge >= 0.3 is 0 Å². The summed E-state index contributed by atoms with van der Waals surface area (Å²) in [6, 6.07) is 1.50. The zero-order chi connectivity index (χ0) is 10.3. The van der Waals surface area contributed by atoms with Crippen molar-refractivity contribution < 1.29 is 0 Å². The highest BCUT2D eigenvalue weighted by molar-refractivity contribution is 6.57. The van der Waals surface area contributed by atoms with Crippen LogP contribution in [0.15, 0.2) is 0 Å². The predicted molar refractivity (Wildman–Crippen MR) is 64.9 cm³/mol. The topological polar surface area (TPSA) is 3.24 Å². The highest BCUT2D eigenvalue weighted by Crippen LogP contribution is 2.21. The molecular formula is C11H27NSi. The number of rotatable bonds is 7. The lowest BCUT2D eigenvalue weighted by Crippen LogP contribution is -2.41. The Hall–Kier alpha value is 0.177. The summed E-state index contributed by atoms with van der Waals surface area (Å²) in [5.41, 5.74) is 0.986. The second kappa shape index (κ2) is 7.57. The lowest BCUT2D eigenvalue weighted by Gasteiger charge is -2.32. The molecule has 0 saturated carbocycles. The van der Waals surface area contributed by atoms with Gasteiger partial charge in [0.25, 0.3) is 0 Å². The quantitative estimate of drug-likeness (QED) is 0.572. The lowest BCUT2D eigenvalue weighted by molar-refractivity contribution is 0.463. The minimum absolute atomic E-state index is 0.610. The van der Waals surface area contributed by atoms with Crippen molar-refractivity contribution in [3.63, 3.8) is 0 Å². The van der Waals surface area contributed by atoms with Crippen molar-refractivity contribution >= 4 is 8.96 Å². The van der Waals surface area contributed by atoms with Gasteiger partial charge in [-0.2, -0.15) is 0 Å². The summed E-state index contributed by atoms with van der Waals surface area (Å²) in [6.07, 6.45) is 2.74. The molecule has 0 amide bonds. The Labute approximate surface area is 86.2 Å². The van der Waals surface area contributed by atoms with Crippen molar-refractivity contribution in [2.45, 2.75) is 59.0 Å². The minimum Gasteiger partial charge on any atom is -0.326 e. The second-order valence-corrected chi connectivity index (χ2v) is 7.54. The molecule has 0 saturated heterocycles. The van der Waals surface area contributed by atoms with E-state index in [9.17, 15) is 0 Å². The standard InChI is InChI=1S/C11H27NSi/c1-6-10-13(11(5)7-2)12(8-3)9-4/h11,13H,6-10H2,1-5H3. The molecule has 0 aromatic carbocycles. The Bertz CT molecular complexity index is 113. The average Bonchev–Trinajstić information content (AvgIpc) is 2.17. The van der Waals surface area contributed by atoms with E-state index in [0.29, 0.717) is 0 Å². The van der Waals surface area contributed by atoms with Gasteiger partial charge < -0.3 is 4.57 Å². The van der Waals surface area contributed by atoms with Crippen LogP contribution in [0.1, 0.15) is 47.5 Å². The van der Waals surface area contributed by atoms with Gasteiger partial charge in [-0.3, -0.25) is 0 Å². The third kappa shape index (κ3) is 4.27. The molecule has 80 valence electrons. The molecule has 0 spiro atoms. The van der Waals surface area contributed by atoms with Gasteiger partial charge in [-0.15, -0.1) is 0 Å². The minimum atomic E-state index is -0.610. The van der Waals surface area contributed by atoms with Crippen LogP contribution < -0.4 is 0 Å². The molecule has 2 unspecified atom stereocenters. The predicted octanol–water partition coefficient (Wildman–Crippen LogP) is 3.26. The van der Waals surface area contributed by atoms with Crippen LogP contribution in [0.3, 0.4) is 0 Å². The van der Waals surface area contributed by atoms with Crippen molar-refractivity contribution in [1.82, 2.24) is 4.57 Å². The Morgan fingerprint density at radius 2 is 1.62 bits per heavy atom. The molecule has 0 rings (SSSR count). The van der Waals surface area contributed by atoms with Gasteiger partial charge in [-0.25, -0.2) is 0 Å². The summed E-state index contributed by atoms with van der Waals surface area (Å²) in [6.45, 7) is 14.2. The molecule has 0 aliphatic carbocycles. The number of hydrogen-bond acceptors (Lipinski definition) is 1. The fourth-order valence-electron chi connectivity index (χ4n) is 2.09. The molecule has 2 heteroatoms. The smallest absolute Gasteiger partial charge is 0.114 e. The van der Waals surface area contributed by atoms with Crippen molar-refractivity contribution in [3.05, 3.63) is 0 Å². The number of nitrogens with zero attached hydrogens (tertiary/aromatic N) is 1. The Kier molecular flexibility index (Phi) is 7.67. The largest absolute Gasteiger partial charge is 0.326 e. The monoisotopic (exact) mass is 201 g/mol. The van der Waals surface area contributed by atoms with Crippen LogP contribution in [0, 0.1) is 0 Å². The van der Waals surface area contributed by atoms with Crippen molar-refractivity contribution in [3.8, 4) is 0 Å². The van der Waals surface area contributed by atoms with Crippen LogP contribution >= 0.6 is 0 Å². The Balaban J connectivity index is 4.19. The van der Waals surface area contributed by atoms with E-state index in [2.05, 4.69) is 39.2 Å². The third-order valence-electron chi connectivity index (χ3n) is 3.17. The van der Waals surface area contributed by atoms with E-state index in [1.54, 1.807) is 0 Å².